The Kier molecular flexibility index (Phi) is 6.95. The van der Waals surface area contributed by atoms with Crippen LogP contribution >= 0.6 is 11.6 Å². The third-order valence-corrected chi connectivity index (χ3v) is 4.36. The standard InChI is InChI=1S/C21H26ClNO6/c1-7-12-8-17(24)27-15-10-16(14(22)9-13(12)15)28-19(25)18(11(2)3)23-20(26)29-21(4,5)6/h8-11,18H,7H2,1-6H3,(H,23,26). The van der Waals surface area contributed by atoms with E-state index in [4.69, 9.17) is 25.5 Å². The first-order chi connectivity index (χ1) is 13.4. The Bertz CT molecular complexity index is 974. The van der Waals surface area contributed by atoms with Gasteiger partial charge in [0.1, 0.15) is 17.2 Å². The van der Waals surface area contributed by atoms with E-state index >= 15 is 0 Å². The Morgan fingerprint density at radius 1 is 1.21 bits per heavy atom. The van der Waals surface area contributed by atoms with Crippen molar-refractivity contribution in [3.63, 3.8) is 0 Å². The predicted octanol–water partition coefficient (Wildman–Crippen LogP) is 4.46. The first-order valence-electron chi connectivity index (χ1n) is 9.38. The number of hydrogen-bond donors (Lipinski definition) is 1. The molecule has 0 aliphatic rings. The van der Waals surface area contributed by atoms with Crippen molar-refractivity contribution < 1.29 is 23.5 Å². The maximum Gasteiger partial charge on any atom is 0.408 e. The second kappa shape index (κ2) is 8.86. The summed E-state index contributed by atoms with van der Waals surface area (Å²) in [5.41, 5.74) is -0.155. The molecule has 0 bridgehead atoms. The highest BCUT2D eigenvalue weighted by Crippen LogP contribution is 2.32. The SMILES string of the molecule is CCc1cc(=O)oc2cc(OC(=O)C(NC(=O)OC(C)(C)C)C(C)C)c(Cl)cc12. The molecule has 1 N–H and O–H groups in total. The monoisotopic (exact) mass is 423 g/mol. The van der Waals surface area contributed by atoms with Crippen LogP contribution in [0.3, 0.4) is 0 Å². The summed E-state index contributed by atoms with van der Waals surface area (Å²) in [5, 5.41) is 3.38. The average molecular weight is 424 g/mol. The van der Waals surface area contributed by atoms with Crippen molar-refractivity contribution in [2.24, 2.45) is 5.92 Å². The minimum atomic E-state index is -0.953. The number of aryl methyl sites for hydroxylation is 1. The lowest BCUT2D eigenvalue weighted by Crippen LogP contribution is -2.48. The van der Waals surface area contributed by atoms with E-state index < -0.39 is 29.3 Å². The zero-order chi connectivity index (χ0) is 21.9. The number of esters is 1. The maximum atomic E-state index is 12.7. The van der Waals surface area contributed by atoms with Crippen LogP contribution in [0.5, 0.6) is 5.75 Å². The molecule has 0 aliphatic carbocycles. The van der Waals surface area contributed by atoms with Gasteiger partial charge in [-0.1, -0.05) is 32.4 Å². The van der Waals surface area contributed by atoms with Crippen LogP contribution in [0.1, 0.15) is 47.1 Å². The van der Waals surface area contributed by atoms with Gasteiger partial charge in [0.05, 0.1) is 5.02 Å². The van der Waals surface area contributed by atoms with E-state index in [1.54, 1.807) is 40.7 Å². The van der Waals surface area contributed by atoms with Crippen LogP contribution in [0.2, 0.25) is 5.02 Å². The molecule has 1 heterocycles. The predicted molar refractivity (Wildman–Crippen MR) is 111 cm³/mol. The number of nitrogens with one attached hydrogen (secondary N) is 1. The molecule has 8 heteroatoms. The Labute approximate surface area is 174 Å². The molecule has 1 unspecified atom stereocenters. The molecule has 0 fully saturated rings. The zero-order valence-corrected chi connectivity index (χ0v) is 18.2. The van der Waals surface area contributed by atoms with Gasteiger partial charge in [0, 0.05) is 17.5 Å². The smallest absolute Gasteiger partial charge is 0.408 e. The number of ether oxygens (including phenoxy) is 2. The van der Waals surface area contributed by atoms with Crippen molar-refractivity contribution in [3.05, 3.63) is 39.2 Å². The largest absolute Gasteiger partial charge is 0.444 e. The van der Waals surface area contributed by atoms with Crippen molar-refractivity contribution >= 4 is 34.6 Å². The lowest BCUT2D eigenvalue weighted by Gasteiger charge is -2.24. The van der Waals surface area contributed by atoms with Gasteiger partial charge in [-0.25, -0.2) is 14.4 Å². The minimum absolute atomic E-state index is 0.0391. The Morgan fingerprint density at radius 3 is 2.41 bits per heavy atom. The Morgan fingerprint density at radius 2 is 1.86 bits per heavy atom. The minimum Gasteiger partial charge on any atom is -0.444 e. The summed E-state index contributed by atoms with van der Waals surface area (Å²) in [6.07, 6.45) is -0.108. The summed E-state index contributed by atoms with van der Waals surface area (Å²) in [6, 6.07) is 3.45. The van der Waals surface area contributed by atoms with E-state index in [1.807, 2.05) is 6.92 Å². The Balaban J connectivity index is 2.29. The molecule has 2 aromatic rings. The van der Waals surface area contributed by atoms with Crippen LogP contribution in [0, 0.1) is 5.92 Å². The third-order valence-electron chi connectivity index (χ3n) is 4.07. The van der Waals surface area contributed by atoms with Crippen molar-refractivity contribution in [3.8, 4) is 5.75 Å². The summed E-state index contributed by atoms with van der Waals surface area (Å²) in [4.78, 5) is 36.5. The summed E-state index contributed by atoms with van der Waals surface area (Å²) >= 11 is 6.28. The maximum absolute atomic E-state index is 12.7. The number of rotatable bonds is 5. The first kappa shape index (κ1) is 22.7. The van der Waals surface area contributed by atoms with Gasteiger partial charge >= 0.3 is 17.7 Å². The molecular formula is C21H26ClNO6. The normalized spacial score (nSPS) is 12.7. The van der Waals surface area contributed by atoms with Crippen molar-refractivity contribution in [1.29, 1.82) is 0 Å². The summed E-state index contributed by atoms with van der Waals surface area (Å²) in [5.74, 6) is -0.933. The van der Waals surface area contributed by atoms with E-state index in [1.165, 1.54) is 12.1 Å². The number of benzene rings is 1. The van der Waals surface area contributed by atoms with Gasteiger partial charge in [-0.2, -0.15) is 0 Å². The van der Waals surface area contributed by atoms with Crippen LogP contribution < -0.4 is 15.7 Å². The second-order valence-electron chi connectivity index (χ2n) is 8.01. The quantitative estimate of drug-likeness (QED) is 0.433. The molecule has 158 valence electrons. The number of alkyl carbamates (subject to hydrolysis) is 1. The van der Waals surface area contributed by atoms with E-state index in [2.05, 4.69) is 5.32 Å². The number of carbonyl (C=O) groups is 2. The zero-order valence-electron chi connectivity index (χ0n) is 17.4. The van der Waals surface area contributed by atoms with E-state index in [0.717, 1.165) is 5.56 Å². The lowest BCUT2D eigenvalue weighted by atomic mass is 10.0. The fourth-order valence-electron chi connectivity index (χ4n) is 2.70. The lowest BCUT2D eigenvalue weighted by molar-refractivity contribution is -0.137. The molecule has 0 saturated carbocycles. The van der Waals surface area contributed by atoms with Gasteiger partial charge in [-0.3, -0.25) is 0 Å². The highest BCUT2D eigenvalue weighted by molar-refractivity contribution is 6.33. The van der Waals surface area contributed by atoms with Gasteiger partial charge in [0.25, 0.3) is 0 Å². The molecule has 1 atom stereocenters. The van der Waals surface area contributed by atoms with Crippen molar-refractivity contribution in [1.82, 2.24) is 5.32 Å². The van der Waals surface area contributed by atoms with E-state index in [0.29, 0.717) is 11.8 Å². The summed E-state index contributed by atoms with van der Waals surface area (Å²) < 4.78 is 15.8. The number of fused-ring (bicyclic) bond motifs is 1. The van der Waals surface area contributed by atoms with Gasteiger partial charge in [-0.15, -0.1) is 0 Å². The molecule has 2 rings (SSSR count). The molecular weight excluding hydrogens is 398 g/mol. The molecule has 0 saturated heterocycles. The van der Waals surface area contributed by atoms with Crippen LogP contribution in [0.25, 0.3) is 11.0 Å². The van der Waals surface area contributed by atoms with Crippen LogP contribution in [-0.2, 0) is 16.0 Å². The van der Waals surface area contributed by atoms with Crippen molar-refractivity contribution in [2.45, 2.75) is 59.6 Å². The molecule has 1 aromatic heterocycles. The molecule has 0 radical (unpaired) electrons. The number of hydrogen-bond acceptors (Lipinski definition) is 6. The first-order valence-corrected chi connectivity index (χ1v) is 9.76. The number of carbonyl (C=O) groups excluding carboxylic acids is 2. The third kappa shape index (κ3) is 5.97. The van der Waals surface area contributed by atoms with Gasteiger partial charge in [0.15, 0.2) is 5.75 Å². The molecule has 0 spiro atoms. The van der Waals surface area contributed by atoms with Crippen LogP contribution in [0.4, 0.5) is 4.79 Å². The summed E-state index contributed by atoms with van der Waals surface area (Å²) in [7, 11) is 0. The van der Waals surface area contributed by atoms with Crippen LogP contribution in [0.15, 0.2) is 27.4 Å². The molecule has 29 heavy (non-hydrogen) atoms. The highest BCUT2D eigenvalue weighted by atomic mass is 35.5. The fourth-order valence-corrected chi connectivity index (χ4v) is 2.91. The fraction of sp³-hybridized carbons (Fsp3) is 0.476. The van der Waals surface area contributed by atoms with Gasteiger partial charge < -0.3 is 19.2 Å². The average Bonchev–Trinajstić information content (AvgIpc) is 2.58. The van der Waals surface area contributed by atoms with Crippen LogP contribution in [-0.4, -0.2) is 23.7 Å². The molecule has 0 aliphatic heterocycles. The number of amides is 1. The molecule has 1 amide bonds. The van der Waals surface area contributed by atoms with Crippen molar-refractivity contribution in [2.75, 3.05) is 0 Å². The van der Waals surface area contributed by atoms with E-state index in [-0.39, 0.29) is 22.3 Å². The summed E-state index contributed by atoms with van der Waals surface area (Å²) in [6.45, 7) is 10.6. The van der Waals surface area contributed by atoms with Gasteiger partial charge in [0.2, 0.25) is 0 Å². The topological polar surface area (TPSA) is 94.8 Å². The number of halogens is 1. The second-order valence-corrected chi connectivity index (χ2v) is 8.42. The van der Waals surface area contributed by atoms with Gasteiger partial charge in [-0.05, 0) is 44.7 Å². The molecule has 1 aromatic carbocycles. The van der Waals surface area contributed by atoms with E-state index in [9.17, 15) is 14.4 Å². The Hall–Kier alpha value is -2.54. The molecule has 7 nitrogen and oxygen atoms in total. The highest BCUT2D eigenvalue weighted by Gasteiger charge is 2.29.